The van der Waals surface area contributed by atoms with Crippen molar-refractivity contribution in [2.75, 3.05) is 20.1 Å². The van der Waals surface area contributed by atoms with Crippen molar-refractivity contribution in [3.05, 3.63) is 29.8 Å². The highest BCUT2D eigenvalue weighted by atomic mass is 32.2. The van der Waals surface area contributed by atoms with E-state index in [1.807, 2.05) is 0 Å². The molecule has 1 rings (SSSR count). The monoisotopic (exact) mass is 299 g/mol. The number of sulfonamides is 1. The summed E-state index contributed by atoms with van der Waals surface area (Å²) in [5, 5.41) is 2.77. The molecule has 1 amide bonds. The second-order valence-electron chi connectivity index (χ2n) is 4.34. The number of carbonyl (C=O) groups excluding carboxylic acids is 1. The van der Waals surface area contributed by atoms with Gasteiger partial charge >= 0.3 is 0 Å². The molecule has 0 spiro atoms. The van der Waals surface area contributed by atoms with Crippen LogP contribution < -0.4 is 15.8 Å². The van der Waals surface area contributed by atoms with E-state index in [1.165, 1.54) is 19.2 Å². The summed E-state index contributed by atoms with van der Waals surface area (Å²) in [5.74, 6) is -0.0228. The first-order chi connectivity index (χ1) is 9.49. The molecule has 0 aliphatic rings. The molecule has 0 atom stereocenters. The minimum atomic E-state index is -3.40. The van der Waals surface area contributed by atoms with Gasteiger partial charge in [0.1, 0.15) is 0 Å². The minimum Gasteiger partial charge on any atom is -0.356 e. The molecule has 0 saturated carbocycles. The molecule has 1 aromatic rings. The molecule has 112 valence electrons. The molecule has 0 saturated heterocycles. The van der Waals surface area contributed by atoms with Crippen LogP contribution in [0.15, 0.2) is 29.2 Å². The van der Waals surface area contributed by atoms with Gasteiger partial charge in [0.15, 0.2) is 0 Å². The van der Waals surface area contributed by atoms with E-state index in [2.05, 4.69) is 10.0 Å². The van der Waals surface area contributed by atoms with Gasteiger partial charge in [0.05, 0.1) is 4.90 Å². The maximum absolute atomic E-state index is 11.5. The zero-order chi connectivity index (χ0) is 15.0. The lowest BCUT2D eigenvalue weighted by molar-refractivity contribution is -0.121. The fourth-order valence-corrected chi connectivity index (χ4v) is 2.36. The lowest BCUT2D eigenvalue weighted by Crippen LogP contribution is -2.26. The number of amides is 1. The SMILES string of the molecule is CNS(=O)(=O)c1ccc(CCC(=O)NCCCN)cc1. The minimum absolute atomic E-state index is 0.0228. The summed E-state index contributed by atoms with van der Waals surface area (Å²) < 4.78 is 25.3. The van der Waals surface area contributed by atoms with Crippen molar-refractivity contribution in [1.82, 2.24) is 10.0 Å². The van der Waals surface area contributed by atoms with Crippen molar-refractivity contribution in [2.24, 2.45) is 5.73 Å². The standard InChI is InChI=1S/C13H21N3O3S/c1-15-20(18,19)12-6-3-11(4-7-12)5-8-13(17)16-10-2-9-14/h3-4,6-7,15H,2,5,8-10,14H2,1H3,(H,16,17). The lowest BCUT2D eigenvalue weighted by Gasteiger charge is -2.06. The fourth-order valence-electron chi connectivity index (χ4n) is 1.63. The summed E-state index contributed by atoms with van der Waals surface area (Å²) in [6.07, 6.45) is 1.72. The average Bonchev–Trinajstić information content (AvgIpc) is 2.46. The molecule has 7 heteroatoms. The Morgan fingerprint density at radius 1 is 1.25 bits per heavy atom. The van der Waals surface area contributed by atoms with Gasteiger partial charge in [-0.05, 0) is 44.1 Å². The topological polar surface area (TPSA) is 101 Å². The number of hydrogen-bond donors (Lipinski definition) is 3. The smallest absolute Gasteiger partial charge is 0.240 e. The van der Waals surface area contributed by atoms with Gasteiger partial charge < -0.3 is 11.1 Å². The molecule has 0 fully saturated rings. The maximum atomic E-state index is 11.5. The highest BCUT2D eigenvalue weighted by Crippen LogP contribution is 2.11. The molecule has 20 heavy (non-hydrogen) atoms. The highest BCUT2D eigenvalue weighted by Gasteiger charge is 2.10. The summed E-state index contributed by atoms with van der Waals surface area (Å²) in [4.78, 5) is 11.7. The molecule has 0 aliphatic carbocycles. The third kappa shape index (κ3) is 5.28. The van der Waals surface area contributed by atoms with Gasteiger partial charge in [-0.25, -0.2) is 13.1 Å². The normalized spacial score (nSPS) is 11.3. The number of hydrogen-bond acceptors (Lipinski definition) is 4. The van der Waals surface area contributed by atoms with Crippen LogP contribution in [0, 0.1) is 0 Å². The zero-order valence-corrected chi connectivity index (χ0v) is 12.4. The Bertz CT molecular complexity index is 526. The number of aryl methyl sites for hydroxylation is 1. The van der Waals surface area contributed by atoms with Gasteiger partial charge in [-0.15, -0.1) is 0 Å². The van der Waals surface area contributed by atoms with Crippen LogP contribution in [-0.2, 0) is 21.2 Å². The van der Waals surface area contributed by atoms with E-state index < -0.39 is 10.0 Å². The van der Waals surface area contributed by atoms with Crippen LogP contribution in [0.2, 0.25) is 0 Å². The molecule has 4 N–H and O–H groups in total. The molecular weight excluding hydrogens is 278 g/mol. The Kier molecular flexibility index (Phi) is 6.63. The van der Waals surface area contributed by atoms with Crippen LogP contribution in [0.25, 0.3) is 0 Å². The van der Waals surface area contributed by atoms with Crippen LogP contribution in [0.4, 0.5) is 0 Å². The molecular formula is C13H21N3O3S. The predicted molar refractivity (Wildman–Crippen MR) is 77.7 cm³/mol. The van der Waals surface area contributed by atoms with E-state index in [0.717, 1.165) is 12.0 Å². The van der Waals surface area contributed by atoms with Crippen LogP contribution in [0.3, 0.4) is 0 Å². The van der Waals surface area contributed by atoms with Gasteiger partial charge in [0, 0.05) is 13.0 Å². The third-order valence-electron chi connectivity index (χ3n) is 2.85. The van der Waals surface area contributed by atoms with Gasteiger partial charge in [-0.3, -0.25) is 4.79 Å². The summed E-state index contributed by atoms with van der Waals surface area (Å²) in [5.41, 5.74) is 6.26. The molecule has 0 aliphatic heterocycles. The predicted octanol–water partition coefficient (Wildman–Crippen LogP) is -0.00770. The Morgan fingerprint density at radius 2 is 1.90 bits per heavy atom. The van der Waals surface area contributed by atoms with E-state index in [9.17, 15) is 13.2 Å². The average molecular weight is 299 g/mol. The number of nitrogens with one attached hydrogen (secondary N) is 2. The van der Waals surface area contributed by atoms with E-state index >= 15 is 0 Å². The van der Waals surface area contributed by atoms with Crippen molar-refractivity contribution in [2.45, 2.75) is 24.2 Å². The molecule has 0 unspecified atom stereocenters. The van der Waals surface area contributed by atoms with Gasteiger partial charge in [-0.2, -0.15) is 0 Å². The highest BCUT2D eigenvalue weighted by molar-refractivity contribution is 7.89. The molecule has 0 bridgehead atoms. The Morgan fingerprint density at radius 3 is 2.45 bits per heavy atom. The first-order valence-electron chi connectivity index (χ1n) is 6.49. The summed E-state index contributed by atoms with van der Waals surface area (Å²) in [6, 6.07) is 6.51. The first kappa shape index (κ1) is 16.6. The largest absolute Gasteiger partial charge is 0.356 e. The van der Waals surface area contributed by atoms with Crippen molar-refractivity contribution in [3.63, 3.8) is 0 Å². The summed E-state index contributed by atoms with van der Waals surface area (Å²) >= 11 is 0. The van der Waals surface area contributed by atoms with E-state index in [1.54, 1.807) is 12.1 Å². The Labute approximate surface area is 119 Å². The molecule has 0 heterocycles. The van der Waals surface area contributed by atoms with E-state index in [4.69, 9.17) is 5.73 Å². The maximum Gasteiger partial charge on any atom is 0.240 e. The third-order valence-corrected chi connectivity index (χ3v) is 4.28. The van der Waals surface area contributed by atoms with Crippen LogP contribution in [0.5, 0.6) is 0 Å². The quantitative estimate of drug-likeness (QED) is 0.588. The Balaban J connectivity index is 2.48. The van der Waals surface area contributed by atoms with Crippen LogP contribution in [0.1, 0.15) is 18.4 Å². The van der Waals surface area contributed by atoms with E-state index in [0.29, 0.717) is 25.9 Å². The van der Waals surface area contributed by atoms with Crippen molar-refractivity contribution >= 4 is 15.9 Å². The van der Waals surface area contributed by atoms with Crippen molar-refractivity contribution < 1.29 is 13.2 Å². The second-order valence-corrected chi connectivity index (χ2v) is 6.23. The van der Waals surface area contributed by atoms with Crippen LogP contribution >= 0.6 is 0 Å². The molecule has 1 aromatic carbocycles. The number of benzene rings is 1. The fraction of sp³-hybridized carbons (Fsp3) is 0.462. The lowest BCUT2D eigenvalue weighted by atomic mass is 10.1. The van der Waals surface area contributed by atoms with Gasteiger partial charge in [0.25, 0.3) is 0 Å². The second kappa shape index (κ2) is 7.98. The molecule has 6 nitrogen and oxygen atoms in total. The van der Waals surface area contributed by atoms with Gasteiger partial charge in [-0.1, -0.05) is 12.1 Å². The molecule has 0 aromatic heterocycles. The number of rotatable bonds is 8. The van der Waals surface area contributed by atoms with Crippen molar-refractivity contribution in [3.8, 4) is 0 Å². The number of carbonyl (C=O) groups is 1. The van der Waals surface area contributed by atoms with Crippen LogP contribution in [-0.4, -0.2) is 34.5 Å². The summed E-state index contributed by atoms with van der Waals surface area (Å²) in [6.45, 7) is 1.15. The van der Waals surface area contributed by atoms with Crippen molar-refractivity contribution in [1.29, 1.82) is 0 Å². The van der Waals surface area contributed by atoms with Gasteiger partial charge in [0.2, 0.25) is 15.9 Å². The first-order valence-corrected chi connectivity index (χ1v) is 7.97. The number of nitrogens with two attached hydrogens (primary N) is 1. The molecule has 0 radical (unpaired) electrons. The van der Waals surface area contributed by atoms with E-state index in [-0.39, 0.29) is 10.8 Å². The summed E-state index contributed by atoms with van der Waals surface area (Å²) in [7, 11) is -2.03. The zero-order valence-electron chi connectivity index (χ0n) is 11.6. The Hall–Kier alpha value is -1.44.